The molecule has 0 aliphatic carbocycles. The van der Waals surface area contributed by atoms with Gasteiger partial charge in [0, 0.05) is 58.1 Å². The van der Waals surface area contributed by atoms with Crippen LogP contribution in [0.15, 0.2) is 36.5 Å². The number of pyridine rings is 1. The van der Waals surface area contributed by atoms with Gasteiger partial charge in [-0.15, -0.1) is 0 Å². The topological polar surface area (TPSA) is 80.8 Å². The monoisotopic (exact) mass is 414 g/mol. The first kappa shape index (κ1) is 21.4. The van der Waals surface area contributed by atoms with Gasteiger partial charge < -0.3 is 25.3 Å². The second kappa shape index (κ2) is 9.43. The first-order valence-corrected chi connectivity index (χ1v) is 9.81. The van der Waals surface area contributed by atoms with Crippen LogP contribution in [0.5, 0.6) is 0 Å². The van der Waals surface area contributed by atoms with Crippen LogP contribution in [0.4, 0.5) is 25.4 Å². The van der Waals surface area contributed by atoms with Gasteiger partial charge in [-0.3, -0.25) is 4.98 Å². The van der Waals surface area contributed by atoms with Crippen LogP contribution >= 0.6 is 0 Å². The molecule has 160 valence electrons. The molecule has 0 bridgehead atoms. The second-order valence-corrected chi connectivity index (χ2v) is 7.40. The number of aromatic nitrogens is 1. The van der Waals surface area contributed by atoms with Crippen molar-refractivity contribution in [2.75, 3.05) is 50.5 Å². The van der Waals surface area contributed by atoms with Gasteiger partial charge in [-0.1, -0.05) is 12.1 Å². The number of urea groups is 2. The van der Waals surface area contributed by atoms with Crippen molar-refractivity contribution in [1.29, 1.82) is 0 Å². The molecule has 2 heterocycles. The number of benzene rings is 1. The molecule has 2 aromatic rings. The molecule has 0 spiro atoms. The van der Waals surface area contributed by atoms with E-state index in [4.69, 9.17) is 0 Å². The highest BCUT2D eigenvalue weighted by atomic mass is 19.1. The van der Waals surface area contributed by atoms with Crippen molar-refractivity contribution >= 4 is 23.4 Å². The number of nitrogens with one attached hydrogen (secondary N) is 2. The molecule has 1 aromatic carbocycles. The van der Waals surface area contributed by atoms with E-state index in [2.05, 4.69) is 15.6 Å². The number of piperazine rings is 1. The highest BCUT2D eigenvalue weighted by Crippen LogP contribution is 2.24. The predicted octanol–water partition coefficient (Wildman–Crippen LogP) is 2.65. The summed E-state index contributed by atoms with van der Waals surface area (Å²) >= 11 is 0. The third kappa shape index (κ3) is 5.16. The lowest BCUT2D eigenvalue weighted by atomic mass is 10.1. The zero-order chi connectivity index (χ0) is 21.7. The molecule has 8 nitrogen and oxygen atoms in total. The average molecular weight is 414 g/mol. The summed E-state index contributed by atoms with van der Waals surface area (Å²) in [5.74, 6) is -0.359. The molecule has 0 radical (unpaired) electrons. The molecular weight excluding hydrogens is 387 g/mol. The molecule has 1 aromatic heterocycles. The Balaban J connectivity index is 1.58. The van der Waals surface area contributed by atoms with E-state index in [1.165, 1.54) is 0 Å². The summed E-state index contributed by atoms with van der Waals surface area (Å²) in [5, 5.41) is 5.35. The normalized spacial score (nSPS) is 13.7. The third-order valence-corrected chi connectivity index (χ3v) is 4.94. The fraction of sp³-hybridized carbons (Fsp3) is 0.381. The van der Waals surface area contributed by atoms with Gasteiger partial charge in [0.2, 0.25) is 0 Å². The molecule has 4 amide bonds. The average Bonchev–Trinajstić information content (AvgIpc) is 2.74. The van der Waals surface area contributed by atoms with Crippen molar-refractivity contribution < 1.29 is 14.0 Å². The summed E-state index contributed by atoms with van der Waals surface area (Å²) < 4.78 is 15.1. The van der Waals surface area contributed by atoms with Gasteiger partial charge in [-0.2, -0.15) is 0 Å². The van der Waals surface area contributed by atoms with Crippen LogP contribution < -0.4 is 15.5 Å². The van der Waals surface area contributed by atoms with Crippen molar-refractivity contribution in [3.8, 4) is 0 Å². The van der Waals surface area contributed by atoms with E-state index < -0.39 is 6.03 Å². The Morgan fingerprint density at radius 1 is 1.13 bits per heavy atom. The van der Waals surface area contributed by atoms with Crippen molar-refractivity contribution in [3.63, 3.8) is 0 Å². The van der Waals surface area contributed by atoms with Gasteiger partial charge in [0.15, 0.2) is 5.82 Å². The standard InChI is InChI=1S/C21H27FN6O2/c1-15-7-8-17(14-23-15)25-20(29)24-13-16-5-4-6-18(19(16)22)27-9-11-28(12-10-27)21(30)26(2)3/h4-8,14H,9-13H2,1-3H3,(H2,24,25,29). The number of hydrogen-bond donors (Lipinski definition) is 2. The Morgan fingerprint density at radius 3 is 2.50 bits per heavy atom. The lowest BCUT2D eigenvalue weighted by Crippen LogP contribution is -2.51. The van der Waals surface area contributed by atoms with Gasteiger partial charge in [-0.05, 0) is 25.1 Å². The van der Waals surface area contributed by atoms with E-state index in [1.54, 1.807) is 60.4 Å². The number of aryl methyl sites for hydroxylation is 1. The number of carbonyl (C=O) groups excluding carboxylic acids is 2. The number of nitrogens with zero attached hydrogens (tertiary/aromatic N) is 4. The molecule has 2 N–H and O–H groups in total. The van der Waals surface area contributed by atoms with Crippen molar-refractivity contribution in [2.24, 2.45) is 0 Å². The summed E-state index contributed by atoms with van der Waals surface area (Å²) in [6.45, 7) is 4.09. The van der Waals surface area contributed by atoms with Crippen LogP contribution in [0.3, 0.4) is 0 Å². The van der Waals surface area contributed by atoms with E-state index in [9.17, 15) is 9.59 Å². The van der Waals surface area contributed by atoms with Crippen LogP contribution in [0, 0.1) is 12.7 Å². The molecule has 0 unspecified atom stereocenters. The molecule has 3 rings (SSSR count). The lowest BCUT2D eigenvalue weighted by Gasteiger charge is -2.37. The van der Waals surface area contributed by atoms with Crippen LogP contribution in [-0.4, -0.2) is 67.1 Å². The van der Waals surface area contributed by atoms with Crippen LogP contribution in [-0.2, 0) is 6.54 Å². The van der Waals surface area contributed by atoms with Crippen molar-refractivity contribution in [3.05, 3.63) is 53.6 Å². The molecule has 30 heavy (non-hydrogen) atoms. The van der Waals surface area contributed by atoms with E-state index in [0.29, 0.717) is 43.1 Å². The van der Waals surface area contributed by atoms with Gasteiger partial charge in [0.1, 0.15) is 0 Å². The maximum absolute atomic E-state index is 15.1. The highest BCUT2D eigenvalue weighted by Gasteiger charge is 2.24. The zero-order valence-corrected chi connectivity index (χ0v) is 17.5. The zero-order valence-electron chi connectivity index (χ0n) is 17.5. The van der Waals surface area contributed by atoms with E-state index in [1.807, 2.05) is 11.8 Å². The Bertz CT molecular complexity index is 895. The smallest absolute Gasteiger partial charge is 0.319 e. The van der Waals surface area contributed by atoms with Gasteiger partial charge in [-0.25, -0.2) is 14.0 Å². The number of anilines is 2. The lowest BCUT2D eigenvalue weighted by molar-refractivity contribution is 0.168. The van der Waals surface area contributed by atoms with Crippen LogP contribution in [0.25, 0.3) is 0 Å². The molecule has 1 fully saturated rings. The fourth-order valence-corrected chi connectivity index (χ4v) is 3.26. The van der Waals surface area contributed by atoms with E-state index in [-0.39, 0.29) is 18.4 Å². The summed E-state index contributed by atoms with van der Waals surface area (Å²) in [6.07, 6.45) is 1.57. The quantitative estimate of drug-likeness (QED) is 0.806. The first-order valence-electron chi connectivity index (χ1n) is 9.81. The Hall–Kier alpha value is -3.36. The highest BCUT2D eigenvalue weighted by molar-refractivity contribution is 5.89. The summed E-state index contributed by atoms with van der Waals surface area (Å²) in [7, 11) is 3.44. The molecule has 9 heteroatoms. The number of halogens is 1. The molecule has 1 saturated heterocycles. The maximum Gasteiger partial charge on any atom is 0.319 e. The summed E-state index contributed by atoms with van der Waals surface area (Å²) in [4.78, 5) is 33.5. The van der Waals surface area contributed by atoms with Gasteiger partial charge in [0.05, 0.1) is 17.6 Å². The molecule has 0 saturated carbocycles. The Labute approximate surface area is 175 Å². The number of hydrogen-bond acceptors (Lipinski definition) is 4. The molecular formula is C21H27FN6O2. The van der Waals surface area contributed by atoms with Gasteiger partial charge in [0.25, 0.3) is 0 Å². The predicted molar refractivity (Wildman–Crippen MR) is 114 cm³/mol. The summed E-state index contributed by atoms with van der Waals surface area (Å²) in [5.41, 5.74) is 2.30. The molecule has 0 atom stereocenters. The largest absolute Gasteiger partial charge is 0.366 e. The minimum absolute atomic E-state index is 0.0390. The Kier molecular flexibility index (Phi) is 6.71. The minimum Gasteiger partial charge on any atom is -0.366 e. The fourth-order valence-electron chi connectivity index (χ4n) is 3.26. The molecule has 1 aliphatic heterocycles. The third-order valence-electron chi connectivity index (χ3n) is 4.94. The SMILES string of the molecule is Cc1ccc(NC(=O)NCc2cccc(N3CCN(C(=O)N(C)C)CC3)c2F)cn1. The van der Waals surface area contributed by atoms with Crippen LogP contribution in [0.1, 0.15) is 11.3 Å². The number of amides is 4. The van der Waals surface area contributed by atoms with E-state index >= 15 is 4.39 Å². The van der Waals surface area contributed by atoms with Crippen molar-refractivity contribution in [2.45, 2.75) is 13.5 Å². The van der Waals surface area contributed by atoms with E-state index in [0.717, 1.165) is 5.69 Å². The summed E-state index contributed by atoms with van der Waals surface area (Å²) in [6, 6.07) is 8.23. The maximum atomic E-state index is 15.1. The van der Waals surface area contributed by atoms with Gasteiger partial charge >= 0.3 is 12.1 Å². The second-order valence-electron chi connectivity index (χ2n) is 7.40. The number of carbonyl (C=O) groups is 2. The minimum atomic E-state index is -0.429. The molecule has 1 aliphatic rings. The van der Waals surface area contributed by atoms with Crippen molar-refractivity contribution in [1.82, 2.24) is 20.1 Å². The Morgan fingerprint density at radius 2 is 1.87 bits per heavy atom. The van der Waals surface area contributed by atoms with Crippen LogP contribution in [0.2, 0.25) is 0 Å². The first-order chi connectivity index (χ1) is 14.3. The number of rotatable bonds is 4.